The van der Waals surface area contributed by atoms with Crippen LogP contribution in [0.2, 0.25) is 0 Å². The molecule has 1 fully saturated rings. The number of thioether (sulfide) groups is 1. The van der Waals surface area contributed by atoms with Gasteiger partial charge in [0.1, 0.15) is 0 Å². The highest BCUT2D eigenvalue weighted by Gasteiger charge is 2.32. The minimum Gasteiger partial charge on any atom is -0.294 e. The SMILES string of the molecule is CSCN(C)[C@H](CCCC(C)C)C1CC1. The van der Waals surface area contributed by atoms with Crippen molar-refractivity contribution in [3.05, 3.63) is 0 Å². The second-order valence-electron chi connectivity index (χ2n) is 5.40. The van der Waals surface area contributed by atoms with Crippen molar-refractivity contribution in [1.82, 2.24) is 4.90 Å². The Kier molecular flexibility index (Phi) is 6.06. The third-order valence-corrected chi connectivity index (χ3v) is 4.01. The van der Waals surface area contributed by atoms with Gasteiger partial charge in [-0.2, -0.15) is 0 Å². The van der Waals surface area contributed by atoms with Gasteiger partial charge in [0, 0.05) is 11.9 Å². The molecule has 0 spiro atoms. The van der Waals surface area contributed by atoms with E-state index in [1.165, 1.54) is 38.0 Å². The highest BCUT2D eigenvalue weighted by atomic mass is 32.2. The van der Waals surface area contributed by atoms with E-state index < -0.39 is 0 Å². The Bertz CT molecular complexity index is 166. The first-order valence-electron chi connectivity index (χ1n) is 6.34. The van der Waals surface area contributed by atoms with E-state index in [0.29, 0.717) is 0 Å². The fraction of sp³-hybridized carbons (Fsp3) is 1.00. The molecule has 1 saturated carbocycles. The molecule has 1 aliphatic rings. The molecule has 15 heavy (non-hydrogen) atoms. The van der Waals surface area contributed by atoms with E-state index in [-0.39, 0.29) is 0 Å². The number of rotatable bonds is 8. The molecular formula is C13H27NS. The molecule has 0 unspecified atom stereocenters. The molecule has 0 aromatic carbocycles. The van der Waals surface area contributed by atoms with Crippen LogP contribution in [0.1, 0.15) is 46.0 Å². The number of hydrogen-bond donors (Lipinski definition) is 0. The van der Waals surface area contributed by atoms with E-state index in [0.717, 1.165) is 17.9 Å². The van der Waals surface area contributed by atoms with Gasteiger partial charge >= 0.3 is 0 Å². The molecule has 1 rings (SSSR count). The molecular weight excluding hydrogens is 202 g/mol. The molecule has 0 heterocycles. The summed E-state index contributed by atoms with van der Waals surface area (Å²) < 4.78 is 0. The molecule has 0 amide bonds. The molecule has 0 aromatic heterocycles. The summed E-state index contributed by atoms with van der Waals surface area (Å²) in [6.45, 7) is 4.66. The Hall–Kier alpha value is 0.310. The topological polar surface area (TPSA) is 3.24 Å². The standard InChI is InChI=1S/C13H27NS/c1-11(2)6-5-7-13(12-8-9-12)14(3)10-15-4/h11-13H,5-10H2,1-4H3/t13-/m1/s1. The molecule has 1 aliphatic carbocycles. The average molecular weight is 229 g/mol. The van der Waals surface area contributed by atoms with Crippen LogP contribution in [0, 0.1) is 11.8 Å². The summed E-state index contributed by atoms with van der Waals surface area (Å²) in [5, 5.41) is 0. The Morgan fingerprint density at radius 3 is 2.40 bits per heavy atom. The second-order valence-corrected chi connectivity index (χ2v) is 6.24. The van der Waals surface area contributed by atoms with E-state index in [9.17, 15) is 0 Å². The first kappa shape index (κ1) is 13.4. The molecule has 0 N–H and O–H groups in total. The van der Waals surface area contributed by atoms with Gasteiger partial charge in [-0.05, 0) is 44.4 Å². The van der Waals surface area contributed by atoms with E-state index in [2.05, 4.69) is 32.1 Å². The van der Waals surface area contributed by atoms with Crippen LogP contribution >= 0.6 is 11.8 Å². The monoisotopic (exact) mass is 229 g/mol. The zero-order chi connectivity index (χ0) is 11.3. The van der Waals surface area contributed by atoms with Crippen molar-refractivity contribution in [2.45, 2.75) is 52.0 Å². The fourth-order valence-electron chi connectivity index (χ4n) is 2.33. The molecule has 0 bridgehead atoms. The Morgan fingerprint density at radius 2 is 1.93 bits per heavy atom. The number of nitrogens with zero attached hydrogens (tertiary/aromatic N) is 1. The van der Waals surface area contributed by atoms with Crippen LogP contribution in [-0.2, 0) is 0 Å². The highest BCUT2D eigenvalue weighted by molar-refractivity contribution is 7.98. The van der Waals surface area contributed by atoms with Crippen molar-refractivity contribution in [2.75, 3.05) is 19.2 Å². The minimum absolute atomic E-state index is 0.871. The molecule has 2 heteroatoms. The quantitative estimate of drug-likeness (QED) is 0.582. The summed E-state index contributed by atoms with van der Waals surface area (Å²) in [5.41, 5.74) is 0. The van der Waals surface area contributed by atoms with Gasteiger partial charge in [-0.3, -0.25) is 4.90 Å². The molecule has 0 saturated heterocycles. The van der Waals surface area contributed by atoms with Crippen LogP contribution in [0.3, 0.4) is 0 Å². The zero-order valence-corrected chi connectivity index (χ0v) is 11.6. The first-order chi connectivity index (χ1) is 7.15. The summed E-state index contributed by atoms with van der Waals surface area (Å²) >= 11 is 1.95. The smallest absolute Gasteiger partial charge is 0.0441 e. The first-order valence-corrected chi connectivity index (χ1v) is 7.73. The third kappa shape index (κ3) is 5.26. The summed E-state index contributed by atoms with van der Waals surface area (Å²) in [4.78, 5) is 2.57. The van der Waals surface area contributed by atoms with Crippen LogP contribution < -0.4 is 0 Å². The van der Waals surface area contributed by atoms with Crippen LogP contribution in [0.5, 0.6) is 0 Å². The summed E-state index contributed by atoms with van der Waals surface area (Å²) in [6, 6.07) is 0.871. The van der Waals surface area contributed by atoms with Crippen LogP contribution in [0.15, 0.2) is 0 Å². The maximum absolute atomic E-state index is 2.57. The second kappa shape index (κ2) is 6.80. The summed E-state index contributed by atoms with van der Waals surface area (Å²) in [7, 11) is 2.30. The van der Waals surface area contributed by atoms with E-state index in [1.807, 2.05) is 11.8 Å². The van der Waals surface area contributed by atoms with Gasteiger partial charge < -0.3 is 0 Å². The Morgan fingerprint density at radius 1 is 1.27 bits per heavy atom. The largest absolute Gasteiger partial charge is 0.294 e. The molecule has 90 valence electrons. The summed E-state index contributed by atoms with van der Waals surface area (Å²) in [6.07, 6.45) is 9.39. The van der Waals surface area contributed by atoms with Gasteiger partial charge in [-0.15, -0.1) is 11.8 Å². The number of hydrogen-bond acceptors (Lipinski definition) is 2. The van der Waals surface area contributed by atoms with Gasteiger partial charge in [0.2, 0.25) is 0 Å². The van der Waals surface area contributed by atoms with E-state index >= 15 is 0 Å². The zero-order valence-electron chi connectivity index (χ0n) is 10.8. The predicted octanol–water partition coefficient (Wildman–Crippen LogP) is 3.84. The lowest BCUT2D eigenvalue weighted by molar-refractivity contribution is 0.233. The maximum Gasteiger partial charge on any atom is 0.0441 e. The van der Waals surface area contributed by atoms with Crippen molar-refractivity contribution in [2.24, 2.45) is 11.8 Å². The van der Waals surface area contributed by atoms with Crippen molar-refractivity contribution < 1.29 is 0 Å². The van der Waals surface area contributed by atoms with Crippen molar-refractivity contribution in [3.63, 3.8) is 0 Å². The van der Waals surface area contributed by atoms with Gasteiger partial charge in [0.15, 0.2) is 0 Å². The molecule has 0 aromatic rings. The van der Waals surface area contributed by atoms with Crippen molar-refractivity contribution in [1.29, 1.82) is 0 Å². The van der Waals surface area contributed by atoms with Crippen LogP contribution in [0.25, 0.3) is 0 Å². The molecule has 1 atom stereocenters. The van der Waals surface area contributed by atoms with Gasteiger partial charge in [-0.1, -0.05) is 26.7 Å². The third-order valence-electron chi connectivity index (χ3n) is 3.35. The van der Waals surface area contributed by atoms with Gasteiger partial charge in [-0.25, -0.2) is 0 Å². The van der Waals surface area contributed by atoms with Crippen LogP contribution in [-0.4, -0.2) is 30.1 Å². The molecule has 1 nitrogen and oxygen atoms in total. The lowest BCUT2D eigenvalue weighted by Gasteiger charge is -2.27. The average Bonchev–Trinajstić information content (AvgIpc) is 2.95. The van der Waals surface area contributed by atoms with Crippen LogP contribution in [0.4, 0.5) is 0 Å². The van der Waals surface area contributed by atoms with Crippen molar-refractivity contribution >= 4 is 11.8 Å². The van der Waals surface area contributed by atoms with Crippen molar-refractivity contribution in [3.8, 4) is 0 Å². The Balaban J connectivity index is 2.24. The fourth-order valence-corrected chi connectivity index (χ4v) is 2.93. The normalized spacial score (nSPS) is 18.8. The lowest BCUT2D eigenvalue weighted by atomic mass is 10.00. The molecule has 0 radical (unpaired) electrons. The Labute approximate surface area is 100.0 Å². The van der Waals surface area contributed by atoms with E-state index in [4.69, 9.17) is 0 Å². The van der Waals surface area contributed by atoms with E-state index in [1.54, 1.807) is 0 Å². The lowest BCUT2D eigenvalue weighted by Crippen LogP contribution is -2.33. The highest BCUT2D eigenvalue weighted by Crippen LogP contribution is 2.37. The molecule has 0 aliphatic heterocycles. The summed E-state index contributed by atoms with van der Waals surface area (Å²) in [5.74, 6) is 3.09. The van der Waals surface area contributed by atoms with Gasteiger partial charge in [0.25, 0.3) is 0 Å². The maximum atomic E-state index is 2.57. The minimum atomic E-state index is 0.871. The predicted molar refractivity (Wildman–Crippen MR) is 71.3 cm³/mol. The van der Waals surface area contributed by atoms with Gasteiger partial charge in [0.05, 0.1) is 0 Å².